The lowest BCUT2D eigenvalue weighted by molar-refractivity contribution is 1.20. The number of rotatable bonds is 2. The lowest BCUT2D eigenvalue weighted by Crippen LogP contribution is -2.07. The summed E-state index contributed by atoms with van der Waals surface area (Å²) >= 11 is 5.04. The van der Waals surface area contributed by atoms with Crippen molar-refractivity contribution in [3.05, 3.63) is 22.1 Å². The minimum atomic E-state index is 0.569. The van der Waals surface area contributed by atoms with Crippen LogP contribution in [-0.2, 0) is 0 Å². The predicted octanol–water partition coefficient (Wildman–Crippen LogP) is 2.19. The van der Waals surface area contributed by atoms with E-state index in [9.17, 15) is 0 Å². The van der Waals surface area contributed by atoms with Gasteiger partial charge >= 0.3 is 0 Å². The Morgan fingerprint density at radius 1 is 1.54 bits per heavy atom. The van der Waals surface area contributed by atoms with Crippen LogP contribution in [0.1, 0.15) is 0 Å². The van der Waals surface area contributed by atoms with E-state index in [2.05, 4.69) is 31.3 Å². The second kappa shape index (κ2) is 3.49. The Morgan fingerprint density at radius 2 is 2.38 bits per heavy atom. The van der Waals surface area contributed by atoms with Gasteiger partial charge in [0.15, 0.2) is 0 Å². The number of halogens is 1. The number of nitrogens with two attached hydrogens (primary N) is 1. The number of hydrogen-bond acceptors (Lipinski definition) is 4. The van der Waals surface area contributed by atoms with Gasteiger partial charge in [-0.15, -0.1) is 11.3 Å². The molecule has 0 aliphatic heterocycles. The molecule has 0 aliphatic carbocycles. The molecule has 6 heteroatoms. The monoisotopic (exact) mass is 258 g/mol. The highest BCUT2D eigenvalue weighted by molar-refractivity contribution is 9.11. The summed E-state index contributed by atoms with van der Waals surface area (Å²) < 4.78 is 1.10. The van der Waals surface area contributed by atoms with E-state index in [0.29, 0.717) is 5.95 Å². The van der Waals surface area contributed by atoms with Crippen molar-refractivity contribution in [3.63, 3.8) is 0 Å². The van der Waals surface area contributed by atoms with Crippen molar-refractivity contribution in [1.29, 1.82) is 0 Å². The molecule has 2 aromatic heterocycles. The lowest BCUT2D eigenvalue weighted by atomic mass is 10.4. The summed E-state index contributed by atoms with van der Waals surface area (Å²) in [6, 6.07) is 4.01. The quantitative estimate of drug-likeness (QED) is 0.572. The van der Waals surface area contributed by atoms with Gasteiger partial charge in [-0.2, -0.15) is 0 Å². The van der Waals surface area contributed by atoms with E-state index >= 15 is 0 Å². The SMILES string of the molecule is NNc1ncc(-c2ccc(Br)s2)[nH]1. The lowest BCUT2D eigenvalue weighted by Gasteiger charge is -1.90. The first kappa shape index (κ1) is 8.74. The van der Waals surface area contributed by atoms with E-state index in [4.69, 9.17) is 5.84 Å². The van der Waals surface area contributed by atoms with Crippen molar-refractivity contribution in [2.24, 2.45) is 5.84 Å². The maximum Gasteiger partial charge on any atom is 0.215 e. The van der Waals surface area contributed by atoms with Gasteiger partial charge < -0.3 is 4.98 Å². The molecule has 68 valence electrons. The Balaban J connectivity index is 2.35. The van der Waals surface area contributed by atoms with Gasteiger partial charge in [0.1, 0.15) is 0 Å². The molecule has 2 heterocycles. The second-order valence-electron chi connectivity index (χ2n) is 2.39. The van der Waals surface area contributed by atoms with Crippen LogP contribution < -0.4 is 11.3 Å². The molecular weight excluding hydrogens is 252 g/mol. The molecule has 0 saturated carbocycles. The number of H-pyrrole nitrogens is 1. The van der Waals surface area contributed by atoms with Crippen molar-refractivity contribution in [2.75, 3.05) is 5.43 Å². The zero-order chi connectivity index (χ0) is 9.26. The molecule has 4 nitrogen and oxygen atoms in total. The molecule has 0 spiro atoms. The summed E-state index contributed by atoms with van der Waals surface area (Å²) in [5.74, 6) is 5.77. The van der Waals surface area contributed by atoms with E-state index in [1.807, 2.05) is 12.1 Å². The minimum Gasteiger partial charge on any atom is -0.322 e. The number of hydrazine groups is 1. The average Bonchev–Trinajstić information content (AvgIpc) is 2.71. The van der Waals surface area contributed by atoms with Crippen LogP contribution >= 0.6 is 27.3 Å². The van der Waals surface area contributed by atoms with Gasteiger partial charge in [0.25, 0.3) is 0 Å². The van der Waals surface area contributed by atoms with E-state index in [-0.39, 0.29) is 0 Å². The largest absolute Gasteiger partial charge is 0.322 e. The van der Waals surface area contributed by atoms with Crippen LogP contribution in [0.5, 0.6) is 0 Å². The van der Waals surface area contributed by atoms with Gasteiger partial charge in [0.05, 0.1) is 20.6 Å². The first-order valence-corrected chi connectivity index (χ1v) is 5.18. The number of imidazole rings is 1. The maximum absolute atomic E-state index is 5.20. The molecule has 0 atom stereocenters. The van der Waals surface area contributed by atoms with Gasteiger partial charge in [-0.3, -0.25) is 5.43 Å². The van der Waals surface area contributed by atoms with Crippen LogP contribution in [0.15, 0.2) is 22.1 Å². The normalized spacial score (nSPS) is 10.3. The summed E-state index contributed by atoms with van der Waals surface area (Å²) in [5, 5.41) is 0. The molecule has 0 radical (unpaired) electrons. The molecular formula is C7H7BrN4S. The molecule has 4 N–H and O–H groups in total. The molecule has 2 rings (SSSR count). The molecule has 0 aromatic carbocycles. The van der Waals surface area contributed by atoms with Crippen molar-refractivity contribution in [1.82, 2.24) is 9.97 Å². The van der Waals surface area contributed by atoms with Gasteiger partial charge in [-0.1, -0.05) is 0 Å². The summed E-state index contributed by atoms with van der Waals surface area (Å²) in [6.07, 6.45) is 1.74. The molecule has 0 unspecified atom stereocenters. The number of nitrogens with zero attached hydrogens (tertiary/aromatic N) is 1. The average molecular weight is 259 g/mol. The molecule has 13 heavy (non-hydrogen) atoms. The van der Waals surface area contributed by atoms with E-state index in [1.165, 1.54) is 0 Å². The van der Waals surface area contributed by atoms with Crippen molar-refractivity contribution >= 4 is 33.2 Å². The minimum absolute atomic E-state index is 0.569. The number of thiophene rings is 1. The summed E-state index contributed by atoms with van der Waals surface area (Å²) in [5.41, 5.74) is 3.41. The van der Waals surface area contributed by atoms with Crippen LogP contribution in [0.4, 0.5) is 5.95 Å². The van der Waals surface area contributed by atoms with Crippen LogP contribution in [0.3, 0.4) is 0 Å². The highest BCUT2D eigenvalue weighted by Crippen LogP contribution is 2.30. The molecule has 0 aliphatic rings. The standard InChI is InChI=1S/C7H7BrN4S/c8-6-2-1-5(13-6)4-3-10-7(11-4)12-9/h1-3H,9H2,(H2,10,11,12). The third-order valence-corrected chi connectivity index (χ3v) is 3.21. The number of anilines is 1. The number of aromatic nitrogens is 2. The third kappa shape index (κ3) is 1.74. The summed E-state index contributed by atoms with van der Waals surface area (Å²) in [4.78, 5) is 8.18. The highest BCUT2D eigenvalue weighted by atomic mass is 79.9. The van der Waals surface area contributed by atoms with Crippen LogP contribution in [0, 0.1) is 0 Å². The molecule has 0 amide bonds. The first-order valence-electron chi connectivity index (χ1n) is 3.57. The van der Waals surface area contributed by atoms with Gasteiger partial charge in [0, 0.05) is 0 Å². The summed E-state index contributed by atoms with van der Waals surface area (Å²) in [7, 11) is 0. The zero-order valence-corrected chi connectivity index (χ0v) is 8.95. The fraction of sp³-hybridized carbons (Fsp3) is 0. The maximum atomic E-state index is 5.20. The van der Waals surface area contributed by atoms with E-state index in [0.717, 1.165) is 14.4 Å². The third-order valence-electron chi connectivity index (χ3n) is 1.55. The van der Waals surface area contributed by atoms with Crippen LogP contribution in [-0.4, -0.2) is 9.97 Å². The van der Waals surface area contributed by atoms with E-state index in [1.54, 1.807) is 17.5 Å². The molecule has 0 saturated heterocycles. The van der Waals surface area contributed by atoms with Crippen LogP contribution in [0.2, 0.25) is 0 Å². The molecule has 0 fully saturated rings. The van der Waals surface area contributed by atoms with Gasteiger partial charge in [-0.05, 0) is 28.1 Å². The fourth-order valence-corrected chi connectivity index (χ4v) is 2.33. The predicted molar refractivity (Wildman–Crippen MR) is 57.4 cm³/mol. The number of nitrogen functional groups attached to an aromatic ring is 1. The Labute approximate surface area is 87.3 Å². The number of hydrogen-bond donors (Lipinski definition) is 3. The Morgan fingerprint density at radius 3 is 2.92 bits per heavy atom. The van der Waals surface area contributed by atoms with Gasteiger partial charge in [-0.25, -0.2) is 10.8 Å². The Hall–Kier alpha value is -0.850. The highest BCUT2D eigenvalue weighted by Gasteiger charge is 2.04. The zero-order valence-electron chi connectivity index (χ0n) is 6.54. The van der Waals surface area contributed by atoms with Crippen LogP contribution in [0.25, 0.3) is 10.6 Å². The van der Waals surface area contributed by atoms with Gasteiger partial charge in [0.2, 0.25) is 5.95 Å². The smallest absolute Gasteiger partial charge is 0.215 e. The fourth-order valence-electron chi connectivity index (χ4n) is 0.979. The van der Waals surface area contributed by atoms with Crippen molar-refractivity contribution in [2.45, 2.75) is 0 Å². The van der Waals surface area contributed by atoms with E-state index < -0.39 is 0 Å². The molecule has 2 aromatic rings. The topological polar surface area (TPSA) is 66.7 Å². The summed E-state index contributed by atoms with van der Waals surface area (Å²) in [6.45, 7) is 0. The Bertz CT molecular complexity index is 408. The second-order valence-corrected chi connectivity index (χ2v) is 4.86. The number of aromatic amines is 1. The Kier molecular flexibility index (Phi) is 2.34. The van der Waals surface area contributed by atoms with Crippen molar-refractivity contribution in [3.8, 4) is 10.6 Å². The first-order chi connectivity index (χ1) is 6.29. The molecule has 0 bridgehead atoms. The number of nitrogens with one attached hydrogen (secondary N) is 2. The van der Waals surface area contributed by atoms with Crippen molar-refractivity contribution < 1.29 is 0 Å².